The lowest BCUT2D eigenvalue weighted by Crippen LogP contribution is -2.49. The van der Waals surface area contributed by atoms with Crippen LogP contribution in [0.4, 0.5) is 17.1 Å². The minimum absolute atomic E-state index is 0.0169. The van der Waals surface area contributed by atoms with Crippen LogP contribution in [0.3, 0.4) is 0 Å². The molecular weight excluding hydrogens is 552 g/mol. The molecule has 1 saturated heterocycles. The Morgan fingerprint density at radius 1 is 0.968 bits per heavy atom. The summed E-state index contributed by atoms with van der Waals surface area (Å²) in [7, 11) is -3.91. The zero-order valence-electron chi connectivity index (χ0n) is 16.9. The molecule has 0 bridgehead atoms. The first-order chi connectivity index (χ1) is 14.9. The molecule has 0 radical (unpaired) electrons. The molecule has 11 heteroatoms. The molecule has 0 amide bonds. The van der Waals surface area contributed by atoms with E-state index >= 15 is 0 Å². The van der Waals surface area contributed by atoms with Crippen LogP contribution < -0.4 is 9.80 Å². The van der Waals surface area contributed by atoms with Crippen LogP contribution >= 0.6 is 31.9 Å². The lowest BCUT2D eigenvalue weighted by Gasteiger charge is -2.36. The second-order valence-electron chi connectivity index (χ2n) is 7.00. The first kappa shape index (κ1) is 24.0. The van der Waals surface area contributed by atoms with Crippen LogP contribution in [0.25, 0.3) is 0 Å². The molecule has 31 heavy (non-hydrogen) atoms. The molecule has 2 aromatic rings. The third kappa shape index (κ3) is 5.57. The molecule has 8 nitrogen and oxygen atoms in total. The Hall–Kier alpha value is -1.69. The number of nitrogens with zero attached hydrogens (tertiary/aromatic N) is 4. The number of non-ortho nitro benzene ring substituents is 1. The highest BCUT2D eigenvalue weighted by Gasteiger charge is 2.33. The molecule has 0 spiro atoms. The minimum atomic E-state index is -3.91. The van der Waals surface area contributed by atoms with Crippen molar-refractivity contribution >= 4 is 58.9 Å². The summed E-state index contributed by atoms with van der Waals surface area (Å²) in [6.45, 7) is 2.90. The van der Waals surface area contributed by atoms with E-state index < -0.39 is 14.9 Å². The van der Waals surface area contributed by atoms with Gasteiger partial charge in [-0.05, 0) is 18.2 Å². The maximum atomic E-state index is 13.6. The maximum Gasteiger partial charge on any atom is 0.270 e. The summed E-state index contributed by atoms with van der Waals surface area (Å²) in [5.74, 6) is 0. The smallest absolute Gasteiger partial charge is 0.270 e. The standard InChI is InChI=1S/C20H24Br2N4O4S/c21-8-10-24(11-9-22)19-7-6-18(26(27)28)16-20(19)31(29,30)25-14-12-23(13-15-25)17-4-2-1-3-5-17/h1-7,16H,8-15H2. The first-order valence-electron chi connectivity index (χ1n) is 9.84. The zero-order chi connectivity index (χ0) is 22.4. The number of rotatable bonds is 9. The molecule has 0 atom stereocenters. The molecular formula is C20H24Br2N4O4S. The van der Waals surface area contributed by atoms with E-state index in [1.165, 1.54) is 22.5 Å². The highest BCUT2D eigenvalue weighted by atomic mass is 79.9. The predicted octanol–water partition coefficient (Wildman–Crippen LogP) is 3.70. The van der Waals surface area contributed by atoms with E-state index in [9.17, 15) is 18.5 Å². The van der Waals surface area contributed by atoms with Gasteiger partial charge in [-0.1, -0.05) is 50.1 Å². The van der Waals surface area contributed by atoms with Crippen molar-refractivity contribution in [1.29, 1.82) is 0 Å². The fourth-order valence-electron chi connectivity index (χ4n) is 3.61. The largest absolute Gasteiger partial charge is 0.369 e. The fourth-order valence-corrected chi connectivity index (χ4v) is 6.12. The molecule has 0 aromatic heterocycles. The van der Waals surface area contributed by atoms with E-state index in [-0.39, 0.29) is 10.6 Å². The molecule has 0 aliphatic carbocycles. The van der Waals surface area contributed by atoms with Crippen molar-refractivity contribution in [3.05, 3.63) is 58.6 Å². The van der Waals surface area contributed by atoms with Crippen LogP contribution in [0, 0.1) is 10.1 Å². The number of benzene rings is 2. The zero-order valence-corrected chi connectivity index (χ0v) is 20.9. The molecule has 1 aliphatic heterocycles. The van der Waals surface area contributed by atoms with Gasteiger partial charge in [-0.15, -0.1) is 0 Å². The summed E-state index contributed by atoms with van der Waals surface area (Å²) >= 11 is 6.81. The summed E-state index contributed by atoms with van der Waals surface area (Å²) < 4.78 is 28.6. The van der Waals surface area contributed by atoms with Crippen LogP contribution in [0.5, 0.6) is 0 Å². The molecule has 0 unspecified atom stereocenters. The average molecular weight is 576 g/mol. The normalized spacial score (nSPS) is 15.1. The predicted molar refractivity (Wildman–Crippen MR) is 130 cm³/mol. The third-order valence-electron chi connectivity index (χ3n) is 5.18. The quantitative estimate of drug-likeness (QED) is 0.257. The Kier molecular flexibility index (Phi) is 8.31. The van der Waals surface area contributed by atoms with Gasteiger partial charge in [0.2, 0.25) is 10.0 Å². The Morgan fingerprint density at radius 2 is 1.58 bits per heavy atom. The second kappa shape index (κ2) is 10.8. The number of alkyl halides is 2. The van der Waals surface area contributed by atoms with Crippen molar-refractivity contribution in [2.24, 2.45) is 0 Å². The van der Waals surface area contributed by atoms with Crippen LogP contribution in [0.2, 0.25) is 0 Å². The highest BCUT2D eigenvalue weighted by molar-refractivity contribution is 9.09. The first-order valence-corrected chi connectivity index (χ1v) is 13.5. The summed E-state index contributed by atoms with van der Waals surface area (Å²) in [4.78, 5) is 14.8. The number of para-hydroxylation sites is 1. The average Bonchev–Trinajstić information content (AvgIpc) is 2.79. The molecule has 0 N–H and O–H groups in total. The van der Waals surface area contributed by atoms with Crippen molar-refractivity contribution in [3.63, 3.8) is 0 Å². The topological polar surface area (TPSA) is 87.0 Å². The summed E-state index contributed by atoms with van der Waals surface area (Å²) in [6.07, 6.45) is 0. The van der Waals surface area contributed by atoms with Gasteiger partial charge < -0.3 is 9.80 Å². The monoisotopic (exact) mass is 574 g/mol. The van der Waals surface area contributed by atoms with Gasteiger partial charge in [-0.25, -0.2) is 8.42 Å². The Bertz CT molecular complexity index is 993. The van der Waals surface area contributed by atoms with Crippen LogP contribution in [-0.4, -0.2) is 67.6 Å². The van der Waals surface area contributed by atoms with Crippen molar-refractivity contribution < 1.29 is 13.3 Å². The van der Waals surface area contributed by atoms with Crippen LogP contribution in [0.15, 0.2) is 53.4 Å². The molecule has 3 rings (SSSR count). The third-order valence-corrected chi connectivity index (χ3v) is 7.82. The summed E-state index contributed by atoms with van der Waals surface area (Å²) in [5, 5.41) is 12.6. The molecule has 168 valence electrons. The Balaban J connectivity index is 1.92. The molecule has 1 fully saturated rings. The number of piperazine rings is 1. The van der Waals surface area contributed by atoms with Crippen LogP contribution in [0.1, 0.15) is 0 Å². The Morgan fingerprint density at radius 3 is 2.13 bits per heavy atom. The molecule has 1 aliphatic rings. The minimum Gasteiger partial charge on any atom is -0.369 e. The molecule has 0 saturated carbocycles. The van der Waals surface area contributed by atoms with Crippen molar-refractivity contribution in [2.75, 3.05) is 59.7 Å². The number of hydrogen-bond donors (Lipinski definition) is 0. The highest BCUT2D eigenvalue weighted by Crippen LogP contribution is 2.32. The fraction of sp³-hybridized carbons (Fsp3) is 0.400. The van der Waals surface area contributed by atoms with Crippen LogP contribution in [-0.2, 0) is 10.0 Å². The lowest BCUT2D eigenvalue weighted by molar-refractivity contribution is -0.385. The van der Waals surface area contributed by atoms with Crippen molar-refractivity contribution in [1.82, 2.24) is 4.31 Å². The number of nitro benzene ring substituents is 1. The van der Waals surface area contributed by atoms with Crippen molar-refractivity contribution in [3.8, 4) is 0 Å². The van der Waals surface area contributed by atoms with E-state index in [1.807, 2.05) is 35.2 Å². The second-order valence-corrected chi connectivity index (χ2v) is 10.5. The van der Waals surface area contributed by atoms with Gasteiger partial charge in [-0.2, -0.15) is 4.31 Å². The molecule has 2 aromatic carbocycles. The maximum absolute atomic E-state index is 13.6. The SMILES string of the molecule is O=[N+]([O-])c1ccc(N(CCBr)CCBr)c(S(=O)(=O)N2CCN(c3ccccc3)CC2)c1. The molecule has 1 heterocycles. The number of anilines is 2. The Labute approximate surface area is 199 Å². The van der Waals surface area contributed by atoms with E-state index in [4.69, 9.17) is 0 Å². The van der Waals surface area contributed by atoms with Gasteiger partial charge >= 0.3 is 0 Å². The van der Waals surface area contributed by atoms with Gasteiger partial charge in [0.25, 0.3) is 5.69 Å². The van der Waals surface area contributed by atoms with Gasteiger partial charge in [0, 0.05) is 67.7 Å². The van der Waals surface area contributed by atoms with E-state index in [2.05, 4.69) is 36.8 Å². The van der Waals surface area contributed by atoms with Gasteiger partial charge in [-0.3, -0.25) is 10.1 Å². The van der Waals surface area contributed by atoms with E-state index in [0.717, 1.165) is 5.69 Å². The van der Waals surface area contributed by atoms with E-state index in [0.29, 0.717) is 55.6 Å². The summed E-state index contributed by atoms with van der Waals surface area (Å²) in [6, 6.07) is 13.9. The van der Waals surface area contributed by atoms with Gasteiger partial charge in [0.05, 0.1) is 10.6 Å². The van der Waals surface area contributed by atoms with E-state index in [1.54, 1.807) is 0 Å². The number of sulfonamides is 1. The van der Waals surface area contributed by atoms with Gasteiger partial charge in [0.15, 0.2) is 0 Å². The van der Waals surface area contributed by atoms with Gasteiger partial charge in [0.1, 0.15) is 4.90 Å². The van der Waals surface area contributed by atoms with Crippen molar-refractivity contribution in [2.45, 2.75) is 4.90 Å². The summed E-state index contributed by atoms with van der Waals surface area (Å²) in [5.41, 5.74) is 1.30. The lowest BCUT2D eigenvalue weighted by atomic mass is 10.2. The number of nitro groups is 1. The number of halogens is 2. The number of hydrogen-bond acceptors (Lipinski definition) is 6.